The first-order chi connectivity index (χ1) is 4.89. The van der Waals surface area contributed by atoms with Crippen molar-refractivity contribution in [3.05, 3.63) is 22.4 Å². The first kappa shape index (κ1) is 11.2. The molecule has 0 aliphatic rings. The topological polar surface area (TPSA) is 34.1 Å². The molecule has 0 atom stereocenters. The van der Waals surface area contributed by atoms with Crippen molar-refractivity contribution in [2.45, 2.75) is 6.92 Å². The molecule has 1 aromatic heterocycles. The highest BCUT2D eigenvalue weighted by Crippen LogP contribution is 2.03. The summed E-state index contributed by atoms with van der Waals surface area (Å²) in [5.41, 5.74) is 0. The molecule has 0 aliphatic carbocycles. The molecule has 0 fully saturated rings. The molecule has 64 valence electrons. The molecule has 0 saturated heterocycles. The lowest BCUT2D eigenvalue weighted by Crippen LogP contribution is -1.63. The molecule has 1 aromatic rings. The summed E-state index contributed by atoms with van der Waals surface area (Å²) in [7, 11) is 4.81. The lowest BCUT2D eigenvalue weighted by molar-refractivity contribution is 0.621. The van der Waals surface area contributed by atoms with Crippen molar-refractivity contribution in [3.63, 3.8) is 0 Å². The average molecular weight is 233 g/mol. The van der Waals surface area contributed by atoms with E-state index >= 15 is 0 Å². The van der Waals surface area contributed by atoms with Crippen LogP contribution in [-0.4, -0.2) is 8.42 Å². The molecule has 0 unspecified atom stereocenters. The molecule has 0 N–H and O–H groups in total. The molecule has 0 amide bonds. The summed E-state index contributed by atoms with van der Waals surface area (Å²) in [4.78, 5) is 1.38. The zero-order valence-electron chi connectivity index (χ0n) is 5.62. The molecule has 0 radical (unpaired) electrons. The van der Waals surface area contributed by atoms with Crippen molar-refractivity contribution < 1.29 is 8.42 Å². The SMILES string of the molecule is Cc1cccs1.O=S(=O)(Cl)Cl. The predicted octanol–water partition coefficient (Wildman–Crippen LogP) is 2.77. The van der Waals surface area contributed by atoms with E-state index in [2.05, 4.69) is 45.8 Å². The second-order valence-corrected chi connectivity index (χ2v) is 6.42. The van der Waals surface area contributed by atoms with Crippen molar-refractivity contribution in [1.29, 1.82) is 0 Å². The lowest BCUT2D eigenvalue weighted by atomic mass is 10.5. The fourth-order valence-electron chi connectivity index (χ4n) is 0.361. The van der Waals surface area contributed by atoms with Gasteiger partial charge in [-0.2, -0.15) is 8.42 Å². The molecule has 0 bridgehead atoms. The molecule has 1 heterocycles. The number of rotatable bonds is 0. The molecule has 11 heavy (non-hydrogen) atoms. The Morgan fingerprint density at radius 1 is 1.45 bits per heavy atom. The van der Waals surface area contributed by atoms with E-state index in [4.69, 9.17) is 8.42 Å². The van der Waals surface area contributed by atoms with Crippen LogP contribution in [0.4, 0.5) is 0 Å². The predicted molar refractivity (Wildman–Crippen MR) is 49.7 cm³/mol. The van der Waals surface area contributed by atoms with Gasteiger partial charge in [-0.25, -0.2) is 0 Å². The van der Waals surface area contributed by atoms with Gasteiger partial charge in [0.1, 0.15) is 0 Å². The van der Waals surface area contributed by atoms with Gasteiger partial charge in [0, 0.05) is 26.2 Å². The summed E-state index contributed by atoms with van der Waals surface area (Å²) in [5, 5.41) is 2.08. The summed E-state index contributed by atoms with van der Waals surface area (Å²) in [5.74, 6) is 0. The van der Waals surface area contributed by atoms with E-state index in [1.54, 1.807) is 11.3 Å². The third kappa shape index (κ3) is 13.3. The Kier molecular flexibility index (Phi) is 5.08. The molecule has 6 heteroatoms. The monoisotopic (exact) mass is 232 g/mol. The Labute approximate surface area is 78.7 Å². The maximum Gasteiger partial charge on any atom is 0.317 e. The summed E-state index contributed by atoms with van der Waals surface area (Å²) < 4.78 is 18.3. The zero-order chi connectivity index (χ0) is 8.91. The largest absolute Gasteiger partial charge is 0.317 e. The van der Waals surface area contributed by atoms with Crippen LogP contribution in [0, 0.1) is 6.92 Å². The Bertz CT molecular complexity index is 269. The van der Waals surface area contributed by atoms with Gasteiger partial charge in [0.05, 0.1) is 0 Å². The number of hydrogen-bond acceptors (Lipinski definition) is 3. The number of halogens is 2. The van der Waals surface area contributed by atoms with E-state index in [0.29, 0.717) is 0 Å². The van der Waals surface area contributed by atoms with E-state index in [1.807, 2.05) is 0 Å². The highest BCUT2D eigenvalue weighted by atomic mass is 36.0. The third-order valence-electron chi connectivity index (χ3n) is 0.663. The van der Waals surface area contributed by atoms with Gasteiger partial charge in [0.2, 0.25) is 0 Å². The second kappa shape index (κ2) is 4.98. The van der Waals surface area contributed by atoms with Gasteiger partial charge < -0.3 is 0 Å². The molecule has 2 nitrogen and oxygen atoms in total. The van der Waals surface area contributed by atoms with Gasteiger partial charge in [-0.15, -0.1) is 11.3 Å². The third-order valence-corrected chi connectivity index (χ3v) is 1.46. The first-order valence-corrected chi connectivity index (χ1v) is 6.55. The molecule has 0 aliphatic heterocycles. The highest BCUT2D eigenvalue weighted by molar-refractivity contribution is 8.31. The number of aryl methyl sites for hydroxylation is 1. The van der Waals surface area contributed by atoms with Crippen molar-refractivity contribution in [3.8, 4) is 0 Å². The summed E-state index contributed by atoms with van der Waals surface area (Å²) in [6.07, 6.45) is 0. The molecular weight excluding hydrogens is 227 g/mol. The highest BCUT2D eigenvalue weighted by Gasteiger charge is 1.88. The average Bonchev–Trinajstić information content (AvgIpc) is 2.12. The minimum atomic E-state index is -3.72. The van der Waals surface area contributed by atoms with Crippen LogP contribution < -0.4 is 0 Å². The lowest BCUT2D eigenvalue weighted by Gasteiger charge is -1.65. The van der Waals surface area contributed by atoms with Crippen LogP contribution in [0.1, 0.15) is 4.88 Å². The molecule has 0 aromatic carbocycles. The van der Waals surface area contributed by atoms with Gasteiger partial charge in [-0.1, -0.05) is 6.07 Å². The van der Waals surface area contributed by atoms with Gasteiger partial charge in [0.15, 0.2) is 0 Å². The Morgan fingerprint density at radius 2 is 1.91 bits per heavy atom. The fraction of sp³-hybridized carbons (Fsp3) is 0.200. The maximum absolute atomic E-state index is 9.16. The van der Waals surface area contributed by atoms with E-state index < -0.39 is 8.26 Å². The normalized spacial score (nSPS) is 10.1. The van der Waals surface area contributed by atoms with Crippen LogP contribution in [0.15, 0.2) is 17.5 Å². The Balaban J connectivity index is 0.000000187. The van der Waals surface area contributed by atoms with Crippen LogP contribution in [0.25, 0.3) is 0 Å². The van der Waals surface area contributed by atoms with Crippen LogP contribution in [0.3, 0.4) is 0 Å². The zero-order valence-corrected chi connectivity index (χ0v) is 8.77. The van der Waals surface area contributed by atoms with E-state index in [1.165, 1.54) is 4.88 Å². The van der Waals surface area contributed by atoms with Gasteiger partial charge in [-0.3, -0.25) is 0 Å². The molecule has 0 saturated carbocycles. The van der Waals surface area contributed by atoms with Gasteiger partial charge in [0.25, 0.3) is 0 Å². The fourth-order valence-corrected chi connectivity index (χ4v) is 0.890. The van der Waals surface area contributed by atoms with Crippen molar-refractivity contribution in [2.24, 2.45) is 0 Å². The first-order valence-electron chi connectivity index (χ1n) is 2.54. The van der Waals surface area contributed by atoms with E-state index in [-0.39, 0.29) is 0 Å². The van der Waals surface area contributed by atoms with Crippen molar-refractivity contribution in [2.75, 3.05) is 0 Å². The van der Waals surface area contributed by atoms with Crippen LogP contribution in [0.2, 0.25) is 0 Å². The molecule has 1 rings (SSSR count). The van der Waals surface area contributed by atoms with Crippen LogP contribution in [-0.2, 0) is 8.26 Å². The van der Waals surface area contributed by atoms with Crippen LogP contribution in [0.5, 0.6) is 0 Å². The quantitative estimate of drug-likeness (QED) is 0.645. The number of hydrogen-bond donors (Lipinski definition) is 0. The summed E-state index contributed by atoms with van der Waals surface area (Å²) >= 11 is 1.78. The van der Waals surface area contributed by atoms with Crippen molar-refractivity contribution in [1.82, 2.24) is 0 Å². The Hall–Kier alpha value is 0.230. The summed E-state index contributed by atoms with van der Waals surface area (Å²) in [6, 6.07) is 4.16. The minimum Gasteiger partial charge on any atom is -0.195 e. The Morgan fingerprint density at radius 3 is 2.00 bits per heavy atom. The van der Waals surface area contributed by atoms with E-state index in [9.17, 15) is 0 Å². The smallest absolute Gasteiger partial charge is 0.195 e. The standard InChI is InChI=1S/C5H6S.Cl2O2S/c1-5-3-2-4-6-5;1-5(2,3)4/h2-4H,1H3;. The van der Waals surface area contributed by atoms with Gasteiger partial charge >= 0.3 is 8.26 Å². The number of thiophene rings is 1. The minimum absolute atomic E-state index is 1.38. The maximum atomic E-state index is 9.16. The van der Waals surface area contributed by atoms with Crippen molar-refractivity contribution >= 4 is 41.0 Å². The molecular formula is C5H6Cl2O2S2. The van der Waals surface area contributed by atoms with E-state index in [0.717, 1.165) is 0 Å². The second-order valence-electron chi connectivity index (χ2n) is 1.60. The van der Waals surface area contributed by atoms with Gasteiger partial charge in [-0.05, 0) is 18.4 Å². The summed E-state index contributed by atoms with van der Waals surface area (Å²) in [6.45, 7) is 2.10. The molecule has 0 spiro atoms. The van der Waals surface area contributed by atoms with Crippen LogP contribution >= 0.6 is 32.7 Å².